The predicted octanol–water partition coefficient (Wildman–Crippen LogP) is 0.804. The van der Waals surface area contributed by atoms with Gasteiger partial charge in [0.05, 0.1) is 38.6 Å². The van der Waals surface area contributed by atoms with Crippen molar-refractivity contribution in [2.75, 3.05) is 39.3 Å². The quantitative estimate of drug-likeness (QED) is 0.801. The van der Waals surface area contributed by atoms with Gasteiger partial charge in [-0.3, -0.25) is 4.99 Å². The minimum atomic E-state index is -3.23. The predicted molar refractivity (Wildman–Crippen MR) is 97.4 cm³/mol. The van der Waals surface area contributed by atoms with Crippen molar-refractivity contribution in [3.8, 4) is 23.1 Å². The lowest BCUT2D eigenvalue weighted by molar-refractivity contribution is -0.0712. The molecule has 2 aromatic heterocycles. The molecule has 0 aliphatic carbocycles. The third-order valence-electron chi connectivity index (χ3n) is 4.33. The van der Waals surface area contributed by atoms with Crippen molar-refractivity contribution in [3.05, 3.63) is 24.3 Å². The van der Waals surface area contributed by atoms with Gasteiger partial charge in [-0.25, -0.2) is 18.4 Å². The second kappa shape index (κ2) is 7.50. The van der Waals surface area contributed by atoms with Crippen LogP contribution in [-0.2, 0) is 0 Å². The zero-order chi connectivity index (χ0) is 20.5. The molecule has 0 radical (unpaired) electrons. The first kappa shape index (κ1) is 19.7. The first-order valence-corrected chi connectivity index (χ1v) is 8.30. The fourth-order valence-corrected chi connectivity index (χ4v) is 2.94. The summed E-state index contributed by atoms with van der Waals surface area (Å²) < 4.78 is 39.4. The summed E-state index contributed by atoms with van der Waals surface area (Å²) in [7, 11) is 4.37. The molecule has 1 fully saturated rings. The van der Waals surface area contributed by atoms with Gasteiger partial charge in [-0.1, -0.05) is 6.58 Å². The maximum atomic E-state index is 13.9. The van der Waals surface area contributed by atoms with Gasteiger partial charge in [0.15, 0.2) is 5.49 Å². The van der Waals surface area contributed by atoms with Crippen LogP contribution >= 0.6 is 0 Å². The van der Waals surface area contributed by atoms with Crippen molar-refractivity contribution in [1.29, 1.82) is 0 Å². The monoisotopic (exact) mass is 394 g/mol. The van der Waals surface area contributed by atoms with E-state index in [9.17, 15) is 13.9 Å². The highest BCUT2D eigenvalue weighted by Gasteiger charge is 2.47. The van der Waals surface area contributed by atoms with Gasteiger partial charge >= 0.3 is 6.01 Å². The summed E-state index contributed by atoms with van der Waals surface area (Å²) in [5, 5.41) is 14.1. The number of methoxy groups -OCH3 is 2. The molecule has 3 heterocycles. The largest absolute Gasteiger partial charge is 0.480 e. The van der Waals surface area contributed by atoms with E-state index in [0.717, 1.165) is 0 Å². The molecular formula is C17H20F2N6O3. The summed E-state index contributed by atoms with van der Waals surface area (Å²) in [5.74, 6) is -3.03. The van der Waals surface area contributed by atoms with Crippen molar-refractivity contribution >= 4 is 11.9 Å². The molecule has 1 aliphatic rings. The van der Waals surface area contributed by atoms with Gasteiger partial charge in [-0.05, 0) is 6.07 Å². The van der Waals surface area contributed by atoms with Gasteiger partial charge in [-0.15, -0.1) is 0 Å². The molecule has 3 rings (SSSR count). The van der Waals surface area contributed by atoms with Gasteiger partial charge in [0.25, 0.3) is 5.92 Å². The second-order valence-corrected chi connectivity index (χ2v) is 6.03. The van der Waals surface area contributed by atoms with Gasteiger partial charge < -0.3 is 19.5 Å². The Kier molecular flexibility index (Phi) is 5.27. The minimum Gasteiger partial charge on any atom is -0.480 e. The van der Waals surface area contributed by atoms with E-state index in [0.29, 0.717) is 22.4 Å². The molecule has 150 valence electrons. The van der Waals surface area contributed by atoms with Crippen LogP contribution < -0.4 is 19.9 Å². The molecule has 9 nitrogen and oxygen atoms in total. The van der Waals surface area contributed by atoms with E-state index in [-0.39, 0.29) is 18.4 Å². The maximum absolute atomic E-state index is 13.9. The van der Waals surface area contributed by atoms with Crippen LogP contribution in [0.3, 0.4) is 0 Å². The Labute approximate surface area is 159 Å². The molecular weight excluding hydrogens is 374 g/mol. The highest BCUT2D eigenvalue weighted by Crippen LogP contribution is 2.33. The van der Waals surface area contributed by atoms with E-state index in [4.69, 9.17) is 9.47 Å². The number of rotatable bonds is 5. The number of alkyl halides is 2. The molecule has 0 saturated carbocycles. The third kappa shape index (κ3) is 3.40. The number of halogens is 2. The average molecular weight is 394 g/mol. The summed E-state index contributed by atoms with van der Waals surface area (Å²) in [6.07, 6.45) is 1.09. The van der Waals surface area contributed by atoms with Crippen LogP contribution in [0, 0.1) is 0 Å². The summed E-state index contributed by atoms with van der Waals surface area (Å²) in [5.41, 5.74) is 1.46. The van der Waals surface area contributed by atoms with Crippen molar-refractivity contribution < 1.29 is 23.4 Å². The van der Waals surface area contributed by atoms with Crippen LogP contribution in [0.25, 0.3) is 17.5 Å². The molecule has 1 unspecified atom stereocenters. The van der Waals surface area contributed by atoms with E-state index >= 15 is 0 Å². The van der Waals surface area contributed by atoms with Crippen LogP contribution in [-0.4, -0.2) is 71.2 Å². The Balaban J connectivity index is 2.19. The molecule has 0 aromatic carbocycles. The fourth-order valence-electron chi connectivity index (χ4n) is 2.94. The van der Waals surface area contributed by atoms with Crippen LogP contribution in [0.15, 0.2) is 23.8 Å². The molecule has 0 bridgehead atoms. The molecule has 0 amide bonds. The summed E-state index contributed by atoms with van der Waals surface area (Å²) >= 11 is 0. The lowest BCUT2D eigenvalue weighted by Crippen LogP contribution is -2.33. The first-order valence-electron chi connectivity index (χ1n) is 8.30. The minimum absolute atomic E-state index is 0.111. The summed E-state index contributed by atoms with van der Waals surface area (Å²) in [4.78, 5) is 13.7. The molecule has 2 aromatic rings. The molecule has 11 heteroatoms. The topological polar surface area (TPSA) is 97.9 Å². The lowest BCUT2D eigenvalue weighted by atomic mass is 10.2. The standard InChI is InChI=1S/C17H20F2N6O3/c1-5-25-14(20-2)12(24-8-13(26)17(18,19)9-24)6-11(23-25)10-7-21-16(28-4)22-15(10)27-3/h5-7,13,26H,1,8-9H2,2-4H3. The van der Waals surface area contributed by atoms with E-state index in [1.807, 2.05) is 0 Å². The van der Waals surface area contributed by atoms with E-state index in [2.05, 4.69) is 26.6 Å². The summed E-state index contributed by atoms with van der Waals surface area (Å²) in [6, 6.07) is 1.68. The number of β-amino-alcohol motifs (C(OH)–C–C–N with tert-alkyl or cyclic N) is 1. The van der Waals surface area contributed by atoms with Crippen molar-refractivity contribution in [3.63, 3.8) is 0 Å². The highest BCUT2D eigenvalue weighted by molar-refractivity contribution is 5.68. The number of aliphatic hydroxyl groups is 1. The van der Waals surface area contributed by atoms with Crippen LogP contribution in [0.1, 0.15) is 0 Å². The number of ether oxygens (including phenoxy) is 2. The Bertz CT molecular complexity index is 962. The zero-order valence-corrected chi connectivity index (χ0v) is 15.6. The van der Waals surface area contributed by atoms with Crippen molar-refractivity contribution in [2.24, 2.45) is 4.99 Å². The summed E-state index contributed by atoms with van der Waals surface area (Å²) in [6.45, 7) is 2.81. The van der Waals surface area contributed by atoms with E-state index in [1.165, 1.54) is 43.2 Å². The molecule has 28 heavy (non-hydrogen) atoms. The molecule has 1 saturated heterocycles. The Morgan fingerprint density at radius 2 is 2.14 bits per heavy atom. The van der Waals surface area contributed by atoms with Crippen LogP contribution in [0.5, 0.6) is 11.9 Å². The second-order valence-electron chi connectivity index (χ2n) is 6.03. The molecule has 1 N–H and O–H groups in total. The van der Waals surface area contributed by atoms with Gasteiger partial charge in [0, 0.05) is 19.4 Å². The number of hydrogen-bond donors (Lipinski definition) is 1. The smallest absolute Gasteiger partial charge is 0.319 e. The average Bonchev–Trinajstić information content (AvgIpc) is 2.98. The van der Waals surface area contributed by atoms with Gasteiger partial charge in [0.1, 0.15) is 11.8 Å². The van der Waals surface area contributed by atoms with Crippen LogP contribution in [0.2, 0.25) is 0 Å². The highest BCUT2D eigenvalue weighted by atomic mass is 19.3. The van der Waals surface area contributed by atoms with Crippen molar-refractivity contribution in [2.45, 2.75) is 12.0 Å². The zero-order valence-electron chi connectivity index (χ0n) is 15.6. The van der Waals surface area contributed by atoms with E-state index < -0.39 is 18.6 Å². The first-order chi connectivity index (χ1) is 13.3. The number of aromatic nitrogens is 4. The lowest BCUT2D eigenvalue weighted by Gasteiger charge is -2.20. The molecule has 1 atom stereocenters. The molecule has 0 spiro atoms. The van der Waals surface area contributed by atoms with Gasteiger partial charge in [-0.2, -0.15) is 10.1 Å². The fraction of sp³-hybridized carbons (Fsp3) is 0.412. The number of nitrogens with zero attached hydrogens (tertiary/aromatic N) is 6. The maximum Gasteiger partial charge on any atom is 0.319 e. The number of aliphatic hydroxyl groups excluding tert-OH is 1. The SMILES string of the molecule is C=Cn1nc(-c2cnc(OC)nc2OC)cc(N2CC(O)C(F)(F)C2)c1=NC. The van der Waals surface area contributed by atoms with Crippen molar-refractivity contribution in [1.82, 2.24) is 19.7 Å². The Morgan fingerprint density at radius 1 is 1.39 bits per heavy atom. The van der Waals surface area contributed by atoms with E-state index in [1.54, 1.807) is 6.07 Å². The molecule has 1 aliphatic heterocycles. The van der Waals surface area contributed by atoms with Gasteiger partial charge in [0.2, 0.25) is 5.88 Å². The number of hydrogen-bond acceptors (Lipinski definition) is 8. The number of anilines is 1. The van der Waals surface area contributed by atoms with Crippen LogP contribution in [0.4, 0.5) is 14.5 Å². The Morgan fingerprint density at radius 3 is 2.68 bits per heavy atom. The normalized spacial score (nSPS) is 19.0. The Hall–Kier alpha value is -3.08. The third-order valence-corrected chi connectivity index (χ3v) is 4.33.